The van der Waals surface area contributed by atoms with Gasteiger partial charge in [-0.25, -0.2) is 0 Å². The summed E-state index contributed by atoms with van der Waals surface area (Å²) in [5.41, 5.74) is 5.67. The van der Waals surface area contributed by atoms with Crippen LogP contribution in [0.25, 0.3) is 0 Å². The number of aromatic hydroxyl groups is 1. The van der Waals surface area contributed by atoms with Gasteiger partial charge in [-0.05, 0) is 6.07 Å². The number of phenolic OH excluding ortho intramolecular Hbond substituents is 1. The number of anilines is 1. The lowest BCUT2D eigenvalue weighted by atomic mass is 10.2. The van der Waals surface area contributed by atoms with Gasteiger partial charge in [-0.2, -0.15) is 0 Å². The molecule has 0 aromatic heterocycles. The number of carbonyl (C=O) groups excluding carboxylic acids is 1. The standard InChI is InChI=1S/C10H11N3O4/c11-6-3-10(15)12(5-6)8-2-1-7(13(16)17)4-9(8)14/h1-2,4,6,14H,3,5,11H2. The van der Waals surface area contributed by atoms with Crippen LogP contribution in [-0.2, 0) is 4.79 Å². The summed E-state index contributed by atoms with van der Waals surface area (Å²) >= 11 is 0. The van der Waals surface area contributed by atoms with Crippen LogP contribution in [0.2, 0.25) is 0 Å². The number of non-ortho nitro benzene ring substituents is 1. The van der Waals surface area contributed by atoms with Gasteiger partial charge < -0.3 is 15.7 Å². The smallest absolute Gasteiger partial charge is 0.273 e. The molecule has 0 saturated carbocycles. The molecule has 1 atom stereocenters. The number of nitrogens with two attached hydrogens (primary N) is 1. The molecule has 1 aliphatic heterocycles. The van der Waals surface area contributed by atoms with Gasteiger partial charge >= 0.3 is 0 Å². The minimum absolute atomic E-state index is 0.193. The number of rotatable bonds is 2. The second kappa shape index (κ2) is 4.02. The monoisotopic (exact) mass is 237 g/mol. The van der Waals surface area contributed by atoms with Gasteiger partial charge in [-0.15, -0.1) is 0 Å². The van der Waals surface area contributed by atoms with Crippen molar-refractivity contribution in [2.75, 3.05) is 11.4 Å². The van der Waals surface area contributed by atoms with Crippen LogP contribution in [0, 0.1) is 10.1 Å². The van der Waals surface area contributed by atoms with E-state index in [-0.39, 0.29) is 35.5 Å². The fourth-order valence-corrected chi connectivity index (χ4v) is 1.82. The van der Waals surface area contributed by atoms with Crippen molar-refractivity contribution < 1.29 is 14.8 Å². The maximum atomic E-state index is 11.6. The highest BCUT2D eigenvalue weighted by atomic mass is 16.6. The number of phenols is 1. The Bertz CT molecular complexity index is 488. The number of nitro benzene ring substituents is 1. The van der Waals surface area contributed by atoms with E-state index in [9.17, 15) is 20.0 Å². The van der Waals surface area contributed by atoms with Crippen LogP contribution in [-0.4, -0.2) is 28.5 Å². The molecule has 1 aliphatic rings. The molecule has 7 nitrogen and oxygen atoms in total. The molecule has 17 heavy (non-hydrogen) atoms. The Labute approximate surface area is 96.6 Å². The van der Waals surface area contributed by atoms with Gasteiger partial charge in [0.25, 0.3) is 5.69 Å². The van der Waals surface area contributed by atoms with E-state index in [2.05, 4.69) is 0 Å². The van der Waals surface area contributed by atoms with Gasteiger partial charge in [0.1, 0.15) is 5.75 Å². The van der Waals surface area contributed by atoms with Gasteiger partial charge in [0, 0.05) is 25.1 Å². The molecular weight excluding hydrogens is 226 g/mol. The predicted octanol–water partition coefficient (Wildman–Crippen LogP) is 0.364. The Morgan fingerprint density at radius 3 is 2.71 bits per heavy atom. The zero-order valence-corrected chi connectivity index (χ0v) is 8.87. The molecule has 0 aliphatic carbocycles. The largest absolute Gasteiger partial charge is 0.505 e. The summed E-state index contributed by atoms with van der Waals surface area (Å²) in [5.74, 6) is -0.483. The Kier molecular flexibility index (Phi) is 2.68. The fraction of sp³-hybridized carbons (Fsp3) is 0.300. The lowest BCUT2D eigenvalue weighted by molar-refractivity contribution is -0.384. The van der Waals surface area contributed by atoms with Crippen LogP contribution in [0.1, 0.15) is 6.42 Å². The highest BCUT2D eigenvalue weighted by Gasteiger charge is 2.30. The normalized spacial score (nSPS) is 19.7. The molecule has 0 spiro atoms. The molecule has 1 aromatic carbocycles. The SMILES string of the molecule is NC1CC(=O)N(c2ccc([N+](=O)[O-])cc2O)C1. The third-order valence-corrected chi connectivity index (χ3v) is 2.62. The van der Waals surface area contributed by atoms with Gasteiger partial charge in [0.05, 0.1) is 16.7 Å². The first-order valence-corrected chi connectivity index (χ1v) is 5.02. The second-order valence-electron chi connectivity index (χ2n) is 3.90. The molecule has 1 saturated heterocycles. The van der Waals surface area contributed by atoms with E-state index in [1.54, 1.807) is 0 Å². The molecular formula is C10H11N3O4. The summed E-state index contributed by atoms with van der Waals surface area (Å²) in [4.78, 5) is 22.8. The van der Waals surface area contributed by atoms with E-state index in [0.29, 0.717) is 6.54 Å². The number of carbonyl (C=O) groups is 1. The number of hydrogen-bond acceptors (Lipinski definition) is 5. The first kappa shape index (κ1) is 11.3. The quantitative estimate of drug-likeness (QED) is 0.570. The van der Waals surface area contributed by atoms with Crippen LogP contribution in [0.3, 0.4) is 0 Å². The zero-order valence-electron chi connectivity index (χ0n) is 8.87. The fourth-order valence-electron chi connectivity index (χ4n) is 1.82. The van der Waals surface area contributed by atoms with Crippen molar-refractivity contribution in [2.45, 2.75) is 12.5 Å². The summed E-state index contributed by atoms with van der Waals surface area (Å²) < 4.78 is 0. The topological polar surface area (TPSA) is 110 Å². The highest BCUT2D eigenvalue weighted by Crippen LogP contribution is 2.33. The number of amides is 1. The predicted molar refractivity (Wildman–Crippen MR) is 59.7 cm³/mol. The first-order chi connectivity index (χ1) is 7.99. The Balaban J connectivity index is 2.34. The minimum atomic E-state index is -0.610. The maximum absolute atomic E-state index is 11.6. The lowest BCUT2D eigenvalue weighted by Gasteiger charge is -2.16. The molecule has 1 fully saturated rings. The van der Waals surface area contributed by atoms with E-state index < -0.39 is 4.92 Å². The number of nitro groups is 1. The molecule has 1 amide bonds. The lowest BCUT2D eigenvalue weighted by Crippen LogP contribution is -2.27. The number of hydrogen-bond donors (Lipinski definition) is 2. The third kappa shape index (κ3) is 2.04. The van der Waals surface area contributed by atoms with Crippen LogP contribution >= 0.6 is 0 Å². The molecule has 7 heteroatoms. The van der Waals surface area contributed by atoms with Crippen molar-refractivity contribution in [3.8, 4) is 5.75 Å². The minimum Gasteiger partial charge on any atom is -0.505 e. The highest BCUT2D eigenvalue weighted by molar-refractivity contribution is 5.97. The summed E-state index contributed by atoms with van der Waals surface area (Å²) in [6.07, 6.45) is 0.219. The van der Waals surface area contributed by atoms with Gasteiger partial charge in [-0.3, -0.25) is 14.9 Å². The van der Waals surface area contributed by atoms with Gasteiger partial charge in [0.15, 0.2) is 0 Å². The molecule has 0 bridgehead atoms. The summed E-state index contributed by atoms with van der Waals surface area (Å²) in [5, 5.41) is 20.2. The van der Waals surface area contributed by atoms with Crippen LogP contribution < -0.4 is 10.6 Å². The van der Waals surface area contributed by atoms with Crippen molar-refractivity contribution in [1.29, 1.82) is 0 Å². The molecule has 1 unspecified atom stereocenters. The van der Waals surface area contributed by atoms with E-state index in [0.717, 1.165) is 6.07 Å². The van der Waals surface area contributed by atoms with Gasteiger partial charge in [0.2, 0.25) is 5.91 Å². The maximum Gasteiger partial charge on any atom is 0.273 e. The van der Waals surface area contributed by atoms with Crippen molar-refractivity contribution in [3.63, 3.8) is 0 Å². The van der Waals surface area contributed by atoms with E-state index in [4.69, 9.17) is 5.73 Å². The van der Waals surface area contributed by atoms with Crippen molar-refractivity contribution in [2.24, 2.45) is 5.73 Å². The number of nitrogens with zero attached hydrogens (tertiary/aromatic N) is 2. The first-order valence-electron chi connectivity index (χ1n) is 5.02. The van der Waals surface area contributed by atoms with Crippen LogP contribution in [0.5, 0.6) is 5.75 Å². The molecule has 0 radical (unpaired) electrons. The van der Waals surface area contributed by atoms with Crippen LogP contribution in [0.4, 0.5) is 11.4 Å². The van der Waals surface area contributed by atoms with Crippen molar-refractivity contribution in [1.82, 2.24) is 0 Å². The molecule has 90 valence electrons. The van der Waals surface area contributed by atoms with Crippen molar-refractivity contribution >= 4 is 17.3 Å². The third-order valence-electron chi connectivity index (χ3n) is 2.62. The second-order valence-corrected chi connectivity index (χ2v) is 3.90. The summed E-state index contributed by atoms with van der Waals surface area (Å²) in [6, 6.07) is 3.35. The Hall–Kier alpha value is -2.15. The van der Waals surface area contributed by atoms with E-state index in [1.165, 1.54) is 17.0 Å². The molecule has 3 N–H and O–H groups in total. The van der Waals surface area contributed by atoms with E-state index in [1.807, 2.05) is 0 Å². The van der Waals surface area contributed by atoms with Crippen molar-refractivity contribution in [3.05, 3.63) is 28.3 Å². The van der Waals surface area contributed by atoms with Crippen LogP contribution in [0.15, 0.2) is 18.2 Å². The number of benzene rings is 1. The molecule has 1 aromatic rings. The molecule has 1 heterocycles. The van der Waals surface area contributed by atoms with E-state index >= 15 is 0 Å². The Morgan fingerprint density at radius 1 is 1.53 bits per heavy atom. The average Bonchev–Trinajstić information content (AvgIpc) is 2.57. The molecule has 2 rings (SSSR count). The summed E-state index contributed by atoms with van der Waals surface area (Å²) in [7, 11) is 0. The van der Waals surface area contributed by atoms with Gasteiger partial charge in [-0.1, -0.05) is 0 Å². The Morgan fingerprint density at radius 2 is 2.24 bits per heavy atom. The summed E-state index contributed by atoms with van der Waals surface area (Å²) in [6.45, 7) is 0.310. The average molecular weight is 237 g/mol. The zero-order chi connectivity index (χ0) is 12.6.